The Hall–Kier alpha value is -2.86. The van der Waals surface area contributed by atoms with Crippen LogP contribution in [0, 0.1) is 0 Å². The van der Waals surface area contributed by atoms with Crippen molar-refractivity contribution in [2.75, 3.05) is 0 Å². The summed E-state index contributed by atoms with van der Waals surface area (Å²) in [5.74, 6) is -0.262. The van der Waals surface area contributed by atoms with Gasteiger partial charge in [-0.05, 0) is 36.4 Å². The van der Waals surface area contributed by atoms with Crippen molar-refractivity contribution in [1.82, 2.24) is 14.7 Å². The van der Waals surface area contributed by atoms with Gasteiger partial charge in [-0.25, -0.2) is 4.98 Å². The molecule has 0 radical (unpaired) electrons. The van der Waals surface area contributed by atoms with Gasteiger partial charge in [0.05, 0.1) is 12.2 Å². The maximum atomic E-state index is 12.0. The zero-order chi connectivity index (χ0) is 17.8. The van der Waals surface area contributed by atoms with Gasteiger partial charge in [-0.3, -0.25) is 9.59 Å². The molecule has 0 unspecified atom stereocenters. The zero-order valence-corrected chi connectivity index (χ0v) is 14.0. The van der Waals surface area contributed by atoms with Crippen LogP contribution in [0.4, 0.5) is 0 Å². The second kappa shape index (κ2) is 7.36. The van der Waals surface area contributed by atoms with Crippen molar-refractivity contribution >= 4 is 28.9 Å². The largest absolute Gasteiger partial charge is 0.504 e. The number of ketones is 1. The summed E-state index contributed by atoms with van der Waals surface area (Å²) in [5, 5.41) is 13.0. The molecule has 0 saturated heterocycles. The molecular weight excluding hydrogens is 342 g/mol. The number of halogens is 1. The Morgan fingerprint density at radius 3 is 2.64 bits per heavy atom. The SMILES string of the molecule is O=C(CCC(=O)c1ccc(Cl)cc1)NCc1cn2cccc(O)c2n1. The van der Waals surface area contributed by atoms with Crippen LogP contribution in [0.2, 0.25) is 5.02 Å². The molecule has 6 nitrogen and oxygen atoms in total. The maximum Gasteiger partial charge on any atom is 0.220 e. The van der Waals surface area contributed by atoms with Gasteiger partial charge in [0.2, 0.25) is 5.91 Å². The first kappa shape index (κ1) is 17.0. The molecule has 2 aromatic heterocycles. The highest BCUT2D eigenvalue weighted by molar-refractivity contribution is 6.30. The number of fused-ring (bicyclic) bond motifs is 1. The van der Waals surface area contributed by atoms with E-state index in [2.05, 4.69) is 10.3 Å². The molecule has 1 aromatic carbocycles. The number of amides is 1. The lowest BCUT2D eigenvalue weighted by Crippen LogP contribution is -2.23. The van der Waals surface area contributed by atoms with Gasteiger partial charge in [-0.15, -0.1) is 0 Å². The van der Waals surface area contributed by atoms with Crippen LogP contribution in [0.3, 0.4) is 0 Å². The molecule has 0 fully saturated rings. The first-order valence-corrected chi connectivity index (χ1v) is 8.12. The van der Waals surface area contributed by atoms with Gasteiger partial charge in [0, 0.05) is 35.8 Å². The molecule has 0 spiro atoms. The van der Waals surface area contributed by atoms with Crippen molar-refractivity contribution in [1.29, 1.82) is 0 Å². The standard InChI is InChI=1S/C18H16ClN3O3/c19-13-5-3-12(4-6-13)15(23)7-8-17(25)20-10-14-11-22-9-1-2-16(24)18(22)21-14/h1-6,9,11,24H,7-8,10H2,(H,20,25). The normalized spacial score (nSPS) is 10.8. The Bertz CT molecular complexity index is 919. The molecule has 3 aromatic rings. The van der Waals surface area contributed by atoms with Crippen LogP contribution in [0.15, 0.2) is 48.8 Å². The van der Waals surface area contributed by atoms with E-state index in [0.29, 0.717) is 21.9 Å². The molecular formula is C18H16ClN3O3. The fourth-order valence-corrected chi connectivity index (χ4v) is 2.54. The minimum absolute atomic E-state index is 0.0774. The number of rotatable bonds is 6. The summed E-state index contributed by atoms with van der Waals surface area (Å²) in [5.41, 5.74) is 1.59. The molecule has 0 aliphatic carbocycles. The fraction of sp³-hybridized carbons (Fsp3) is 0.167. The monoisotopic (exact) mass is 357 g/mol. The Morgan fingerprint density at radius 2 is 1.92 bits per heavy atom. The van der Waals surface area contributed by atoms with Crippen molar-refractivity contribution in [2.24, 2.45) is 0 Å². The number of carbonyl (C=O) groups excluding carboxylic acids is 2. The van der Waals surface area contributed by atoms with Crippen LogP contribution in [0.5, 0.6) is 5.75 Å². The topological polar surface area (TPSA) is 83.7 Å². The van der Waals surface area contributed by atoms with Crippen LogP contribution in [-0.2, 0) is 11.3 Å². The lowest BCUT2D eigenvalue weighted by molar-refractivity contribution is -0.121. The summed E-state index contributed by atoms with van der Waals surface area (Å²) >= 11 is 5.78. The number of benzene rings is 1. The highest BCUT2D eigenvalue weighted by Crippen LogP contribution is 2.16. The molecule has 3 rings (SSSR count). The molecule has 0 aliphatic rings. The van der Waals surface area contributed by atoms with Crippen LogP contribution in [-0.4, -0.2) is 26.2 Å². The van der Waals surface area contributed by atoms with Crippen molar-refractivity contribution in [2.45, 2.75) is 19.4 Å². The average molecular weight is 358 g/mol. The summed E-state index contributed by atoms with van der Waals surface area (Å²) < 4.78 is 1.68. The Labute approximate surface area is 149 Å². The second-order valence-electron chi connectivity index (χ2n) is 5.56. The number of aromatic nitrogens is 2. The third-order valence-electron chi connectivity index (χ3n) is 3.72. The number of pyridine rings is 1. The van der Waals surface area contributed by atoms with Crippen molar-refractivity contribution in [3.63, 3.8) is 0 Å². The van der Waals surface area contributed by atoms with E-state index in [-0.39, 0.29) is 36.8 Å². The number of nitrogens with one attached hydrogen (secondary N) is 1. The summed E-state index contributed by atoms with van der Waals surface area (Å²) in [7, 11) is 0. The van der Waals surface area contributed by atoms with Gasteiger partial charge in [0.25, 0.3) is 0 Å². The predicted octanol–water partition coefficient (Wildman–Crippen LogP) is 2.97. The number of carbonyl (C=O) groups is 2. The van der Waals surface area contributed by atoms with Gasteiger partial charge >= 0.3 is 0 Å². The van der Waals surface area contributed by atoms with Crippen molar-refractivity contribution < 1.29 is 14.7 Å². The number of nitrogens with zero attached hydrogens (tertiary/aromatic N) is 2. The predicted molar refractivity (Wildman–Crippen MR) is 93.7 cm³/mol. The van der Waals surface area contributed by atoms with Crippen LogP contribution >= 0.6 is 11.6 Å². The summed E-state index contributed by atoms with van der Waals surface area (Å²) in [6, 6.07) is 9.83. The summed E-state index contributed by atoms with van der Waals surface area (Å²) in [6.45, 7) is 0.231. The first-order chi connectivity index (χ1) is 12.0. The van der Waals surface area contributed by atoms with E-state index in [0.717, 1.165) is 0 Å². The second-order valence-corrected chi connectivity index (χ2v) is 6.00. The molecule has 0 atom stereocenters. The summed E-state index contributed by atoms with van der Waals surface area (Å²) in [4.78, 5) is 28.2. The maximum absolute atomic E-state index is 12.0. The number of aromatic hydroxyl groups is 1. The van der Waals surface area contributed by atoms with E-state index in [1.807, 2.05) is 0 Å². The van der Waals surface area contributed by atoms with Crippen LogP contribution in [0.1, 0.15) is 28.9 Å². The number of imidazole rings is 1. The number of hydrogen-bond donors (Lipinski definition) is 2. The minimum atomic E-state index is -0.233. The highest BCUT2D eigenvalue weighted by Gasteiger charge is 2.10. The summed E-state index contributed by atoms with van der Waals surface area (Å²) in [6.07, 6.45) is 3.71. The average Bonchev–Trinajstić information content (AvgIpc) is 3.03. The third kappa shape index (κ3) is 4.16. The van der Waals surface area contributed by atoms with E-state index in [4.69, 9.17) is 11.6 Å². The molecule has 0 saturated carbocycles. The van der Waals surface area contributed by atoms with Gasteiger partial charge in [0.15, 0.2) is 17.2 Å². The fourth-order valence-electron chi connectivity index (χ4n) is 2.42. The third-order valence-corrected chi connectivity index (χ3v) is 3.98. The molecule has 2 heterocycles. The van der Waals surface area contributed by atoms with E-state index < -0.39 is 0 Å². The van der Waals surface area contributed by atoms with E-state index in [9.17, 15) is 14.7 Å². The van der Waals surface area contributed by atoms with Gasteiger partial charge in [-0.1, -0.05) is 11.6 Å². The van der Waals surface area contributed by atoms with Crippen molar-refractivity contribution in [3.05, 3.63) is 65.1 Å². The molecule has 25 heavy (non-hydrogen) atoms. The smallest absolute Gasteiger partial charge is 0.220 e. The number of hydrogen-bond acceptors (Lipinski definition) is 4. The van der Waals surface area contributed by atoms with Crippen molar-refractivity contribution in [3.8, 4) is 5.75 Å². The van der Waals surface area contributed by atoms with E-state index in [1.165, 1.54) is 0 Å². The minimum Gasteiger partial charge on any atom is -0.504 e. The Balaban J connectivity index is 1.51. The van der Waals surface area contributed by atoms with E-state index in [1.54, 1.807) is 53.2 Å². The molecule has 2 N–H and O–H groups in total. The highest BCUT2D eigenvalue weighted by atomic mass is 35.5. The van der Waals surface area contributed by atoms with Crippen LogP contribution in [0.25, 0.3) is 5.65 Å². The molecule has 0 bridgehead atoms. The quantitative estimate of drug-likeness (QED) is 0.664. The van der Waals surface area contributed by atoms with Gasteiger partial charge < -0.3 is 14.8 Å². The molecule has 128 valence electrons. The van der Waals surface area contributed by atoms with E-state index >= 15 is 0 Å². The zero-order valence-electron chi connectivity index (χ0n) is 13.3. The van der Waals surface area contributed by atoms with Crippen LogP contribution < -0.4 is 5.32 Å². The molecule has 0 aliphatic heterocycles. The van der Waals surface area contributed by atoms with Gasteiger partial charge in [-0.2, -0.15) is 0 Å². The number of Topliss-reactive ketones (excluding diaryl/α,β-unsaturated/α-hetero) is 1. The first-order valence-electron chi connectivity index (χ1n) is 7.74. The molecule has 7 heteroatoms. The lowest BCUT2D eigenvalue weighted by Gasteiger charge is -2.03. The Morgan fingerprint density at radius 1 is 1.16 bits per heavy atom. The Kier molecular flexibility index (Phi) is 5.00. The molecule has 1 amide bonds. The lowest BCUT2D eigenvalue weighted by atomic mass is 10.1. The van der Waals surface area contributed by atoms with Gasteiger partial charge in [0.1, 0.15) is 0 Å².